The molecule has 0 aliphatic rings. The van der Waals surface area contributed by atoms with E-state index in [1.165, 1.54) is 0 Å². The van der Waals surface area contributed by atoms with Crippen LogP contribution in [0.3, 0.4) is 0 Å². The zero-order valence-corrected chi connectivity index (χ0v) is 8.96. The molecule has 5 heteroatoms. The molecule has 0 radical (unpaired) electrons. The van der Waals surface area contributed by atoms with E-state index in [1.807, 2.05) is 20.8 Å². The molecule has 0 aromatic heterocycles. The van der Waals surface area contributed by atoms with Gasteiger partial charge in [-0.3, -0.25) is 9.59 Å². The van der Waals surface area contributed by atoms with Gasteiger partial charge in [0.1, 0.15) is 6.04 Å². The summed E-state index contributed by atoms with van der Waals surface area (Å²) in [5, 5.41) is 5.44. The van der Waals surface area contributed by atoms with Gasteiger partial charge in [-0.2, -0.15) is 0 Å². The molecule has 0 aromatic rings. The zero-order valence-electron chi connectivity index (χ0n) is 8.96. The van der Waals surface area contributed by atoms with E-state index in [9.17, 15) is 9.59 Å². The molecule has 0 aliphatic heterocycles. The molecule has 14 heavy (non-hydrogen) atoms. The number of amides is 2. The Kier molecular flexibility index (Phi) is 5.87. The fourth-order valence-electron chi connectivity index (χ4n) is 1.03. The van der Waals surface area contributed by atoms with Crippen LogP contribution in [0, 0.1) is 5.92 Å². The van der Waals surface area contributed by atoms with Gasteiger partial charge in [-0.25, -0.2) is 0 Å². The standard InChI is InChI=1S/C9H19N3O2/c1-4-11-5-7(13)12-8(6(2)3)9(10)14/h6,8,11H,4-5H2,1-3H3,(H2,10,14)(H,12,13). The number of hydrogen-bond donors (Lipinski definition) is 3. The van der Waals surface area contributed by atoms with Crippen LogP contribution in [0.1, 0.15) is 20.8 Å². The van der Waals surface area contributed by atoms with E-state index >= 15 is 0 Å². The van der Waals surface area contributed by atoms with Crippen molar-refractivity contribution in [2.24, 2.45) is 11.7 Å². The summed E-state index contributed by atoms with van der Waals surface area (Å²) in [6, 6.07) is -0.582. The molecular formula is C9H19N3O2. The van der Waals surface area contributed by atoms with Crippen LogP contribution in [0.5, 0.6) is 0 Å². The van der Waals surface area contributed by atoms with Crippen LogP contribution in [0.15, 0.2) is 0 Å². The number of rotatable bonds is 6. The molecule has 0 saturated heterocycles. The SMILES string of the molecule is CCNCC(=O)NC(C(N)=O)C(C)C. The minimum absolute atomic E-state index is 0.0121. The summed E-state index contributed by atoms with van der Waals surface area (Å²) in [7, 11) is 0. The Morgan fingerprint density at radius 1 is 1.36 bits per heavy atom. The van der Waals surface area contributed by atoms with Crippen molar-refractivity contribution < 1.29 is 9.59 Å². The van der Waals surface area contributed by atoms with Gasteiger partial charge < -0.3 is 16.4 Å². The number of likely N-dealkylation sites (N-methyl/N-ethyl adjacent to an activating group) is 1. The van der Waals surface area contributed by atoms with Gasteiger partial charge in [0.15, 0.2) is 0 Å². The lowest BCUT2D eigenvalue weighted by Crippen LogP contribution is -2.49. The van der Waals surface area contributed by atoms with E-state index in [-0.39, 0.29) is 18.4 Å². The largest absolute Gasteiger partial charge is 0.368 e. The van der Waals surface area contributed by atoms with E-state index in [1.54, 1.807) is 0 Å². The third-order valence-corrected chi connectivity index (χ3v) is 1.83. The average Bonchev–Trinajstić information content (AvgIpc) is 2.09. The Hall–Kier alpha value is -1.10. The van der Waals surface area contributed by atoms with Crippen LogP contribution in [-0.4, -0.2) is 30.9 Å². The predicted molar refractivity (Wildman–Crippen MR) is 54.5 cm³/mol. The van der Waals surface area contributed by atoms with Crippen LogP contribution in [-0.2, 0) is 9.59 Å². The van der Waals surface area contributed by atoms with Crippen molar-refractivity contribution in [3.8, 4) is 0 Å². The molecule has 0 spiro atoms. The summed E-state index contributed by atoms with van der Waals surface area (Å²) >= 11 is 0. The summed E-state index contributed by atoms with van der Waals surface area (Å²) in [6.07, 6.45) is 0. The molecule has 0 rings (SSSR count). The highest BCUT2D eigenvalue weighted by atomic mass is 16.2. The Bertz CT molecular complexity index is 204. The molecular weight excluding hydrogens is 182 g/mol. The number of carbonyl (C=O) groups is 2. The van der Waals surface area contributed by atoms with E-state index in [4.69, 9.17) is 5.73 Å². The molecule has 82 valence electrons. The maximum atomic E-state index is 11.2. The smallest absolute Gasteiger partial charge is 0.240 e. The number of nitrogens with one attached hydrogen (secondary N) is 2. The summed E-state index contributed by atoms with van der Waals surface area (Å²) in [6.45, 7) is 6.51. The third-order valence-electron chi connectivity index (χ3n) is 1.83. The van der Waals surface area contributed by atoms with E-state index in [2.05, 4.69) is 10.6 Å². The third kappa shape index (κ3) is 4.81. The highest BCUT2D eigenvalue weighted by molar-refractivity contribution is 5.87. The van der Waals surface area contributed by atoms with Crippen LogP contribution in [0.4, 0.5) is 0 Å². The van der Waals surface area contributed by atoms with Crippen LogP contribution in [0.2, 0.25) is 0 Å². The number of hydrogen-bond acceptors (Lipinski definition) is 3. The summed E-state index contributed by atoms with van der Waals surface area (Å²) in [4.78, 5) is 22.2. The Morgan fingerprint density at radius 2 is 1.93 bits per heavy atom. The molecule has 4 N–H and O–H groups in total. The van der Waals surface area contributed by atoms with Crippen LogP contribution < -0.4 is 16.4 Å². The van der Waals surface area contributed by atoms with Crippen molar-refractivity contribution >= 4 is 11.8 Å². The van der Waals surface area contributed by atoms with Crippen molar-refractivity contribution in [3.05, 3.63) is 0 Å². The molecule has 2 amide bonds. The Morgan fingerprint density at radius 3 is 2.29 bits per heavy atom. The molecule has 5 nitrogen and oxygen atoms in total. The molecule has 0 saturated carbocycles. The molecule has 1 unspecified atom stereocenters. The van der Waals surface area contributed by atoms with Gasteiger partial charge in [0.05, 0.1) is 6.54 Å². The molecule has 0 heterocycles. The van der Waals surface area contributed by atoms with Gasteiger partial charge in [0.25, 0.3) is 0 Å². The Balaban J connectivity index is 4.04. The fourth-order valence-corrected chi connectivity index (χ4v) is 1.03. The lowest BCUT2D eigenvalue weighted by atomic mass is 10.0. The van der Waals surface area contributed by atoms with E-state index in [0.717, 1.165) is 6.54 Å². The average molecular weight is 201 g/mol. The normalized spacial score (nSPS) is 12.6. The first-order valence-corrected chi connectivity index (χ1v) is 4.78. The van der Waals surface area contributed by atoms with E-state index in [0.29, 0.717) is 0 Å². The second-order valence-corrected chi connectivity index (χ2v) is 3.47. The topological polar surface area (TPSA) is 84.2 Å². The lowest BCUT2D eigenvalue weighted by Gasteiger charge is -2.18. The van der Waals surface area contributed by atoms with Gasteiger partial charge in [-0.15, -0.1) is 0 Å². The highest BCUT2D eigenvalue weighted by Crippen LogP contribution is 1.99. The molecule has 0 fully saturated rings. The molecule has 1 atom stereocenters. The van der Waals surface area contributed by atoms with E-state index < -0.39 is 11.9 Å². The summed E-state index contributed by atoms with van der Waals surface area (Å²) < 4.78 is 0. The monoisotopic (exact) mass is 201 g/mol. The molecule has 0 aromatic carbocycles. The van der Waals surface area contributed by atoms with Gasteiger partial charge in [0, 0.05) is 0 Å². The first-order chi connectivity index (χ1) is 6.49. The number of carbonyl (C=O) groups excluding carboxylic acids is 2. The Labute approximate surface area is 84.4 Å². The van der Waals surface area contributed by atoms with Gasteiger partial charge in [-0.1, -0.05) is 20.8 Å². The quantitative estimate of drug-likeness (QED) is 0.527. The lowest BCUT2D eigenvalue weighted by molar-refractivity contribution is -0.127. The van der Waals surface area contributed by atoms with Crippen molar-refractivity contribution in [1.82, 2.24) is 10.6 Å². The van der Waals surface area contributed by atoms with Gasteiger partial charge >= 0.3 is 0 Å². The predicted octanol–water partition coefficient (Wildman–Crippen LogP) is -0.778. The van der Waals surface area contributed by atoms with Crippen molar-refractivity contribution in [2.75, 3.05) is 13.1 Å². The first kappa shape index (κ1) is 12.9. The fraction of sp³-hybridized carbons (Fsp3) is 0.778. The van der Waals surface area contributed by atoms with Gasteiger partial charge in [-0.05, 0) is 12.5 Å². The van der Waals surface area contributed by atoms with Crippen molar-refractivity contribution in [1.29, 1.82) is 0 Å². The summed E-state index contributed by atoms with van der Waals surface area (Å²) in [5.74, 6) is -0.688. The maximum absolute atomic E-state index is 11.2. The van der Waals surface area contributed by atoms with Crippen molar-refractivity contribution in [2.45, 2.75) is 26.8 Å². The minimum atomic E-state index is -0.582. The number of primary amides is 1. The van der Waals surface area contributed by atoms with Crippen LogP contribution >= 0.6 is 0 Å². The second-order valence-electron chi connectivity index (χ2n) is 3.47. The zero-order chi connectivity index (χ0) is 11.1. The summed E-state index contributed by atoms with van der Waals surface area (Å²) in [5.41, 5.74) is 5.14. The first-order valence-electron chi connectivity index (χ1n) is 4.78. The molecule has 0 bridgehead atoms. The minimum Gasteiger partial charge on any atom is -0.368 e. The van der Waals surface area contributed by atoms with Gasteiger partial charge in [0.2, 0.25) is 11.8 Å². The maximum Gasteiger partial charge on any atom is 0.240 e. The van der Waals surface area contributed by atoms with Crippen molar-refractivity contribution in [3.63, 3.8) is 0 Å². The highest BCUT2D eigenvalue weighted by Gasteiger charge is 2.20. The molecule has 0 aliphatic carbocycles. The second kappa shape index (κ2) is 6.37. The van der Waals surface area contributed by atoms with Crippen LogP contribution in [0.25, 0.3) is 0 Å². The number of nitrogens with two attached hydrogens (primary N) is 1.